The van der Waals surface area contributed by atoms with Gasteiger partial charge < -0.3 is 14.0 Å². The monoisotopic (exact) mass is 727 g/mol. The third kappa shape index (κ3) is 5.43. The van der Waals surface area contributed by atoms with E-state index in [1.54, 1.807) is 0 Å². The van der Waals surface area contributed by atoms with Gasteiger partial charge in [0.05, 0.1) is 27.8 Å². The Labute approximate surface area is 331 Å². The fourth-order valence-corrected chi connectivity index (χ4v) is 8.76. The summed E-state index contributed by atoms with van der Waals surface area (Å²) in [5.74, 6) is 0. The van der Waals surface area contributed by atoms with Gasteiger partial charge in [-0.05, 0) is 89.5 Å². The van der Waals surface area contributed by atoms with E-state index in [1.807, 2.05) is 0 Å². The standard InChI is InChI=1S/C54H37N3/c1-5-17-38(18-6-1)39-29-32-44(33-30-39)55(41-19-7-2-8-20-41)53-45(34-35-48-46-25-13-16-28-51(46)57(54(48)53)43-23-11-4-12-24-43)40-31-36-52-49(37-40)47-26-14-15-27-50(47)56(52)42-21-9-3-10-22-42/h1-37H. The van der Waals surface area contributed by atoms with Crippen molar-refractivity contribution < 1.29 is 0 Å². The van der Waals surface area contributed by atoms with E-state index in [0.717, 1.165) is 45.1 Å². The van der Waals surface area contributed by atoms with Crippen LogP contribution >= 0.6 is 0 Å². The normalized spacial score (nSPS) is 11.5. The zero-order valence-electron chi connectivity index (χ0n) is 31.2. The summed E-state index contributed by atoms with van der Waals surface area (Å²) in [6.45, 7) is 0. The molecule has 57 heavy (non-hydrogen) atoms. The topological polar surface area (TPSA) is 13.1 Å². The molecule has 0 amide bonds. The van der Waals surface area contributed by atoms with E-state index >= 15 is 0 Å². The Morgan fingerprint density at radius 1 is 0.298 bits per heavy atom. The van der Waals surface area contributed by atoms with Crippen LogP contribution in [0.2, 0.25) is 0 Å². The highest BCUT2D eigenvalue weighted by molar-refractivity contribution is 6.18. The minimum atomic E-state index is 1.08. The molecule has 9 aromatic carbocycles. The molecule has 3 nitrogen and oxygen atoms in total. The number of benzene rings is 9. The number of para-hydroxylation sites is 5. The van der Waals surface area contributed by atoms with Crippen LogP contribution in [0, 0.1) is 0 Å². The average Bonchev–Trinajstić information content (AvgIpc) is 3.81. The molecule has 0 radical (unpaired) electrons. The van der Waals surface area contributed by atoms with Gasteiger partial charge in [0, 0.05) is 49.9 Å². The SMILES string of the molecule is c1ccc(-c2ccc(N(c3ccccc3)c3c(-c4ccc5c(c4)c4ccccc4n5-c4ccccc4)ccc4c5ccccc5n(-c5ccccc5)c34)cc2)cc1. The number of rotatable bonds is 7. The predicted octanol–water partition coefficient (Wildman–Crippen LogP) is 14.7. The van der Waals surface area contributed by atoms with E-state index in [-0.39, 0.29) is 0 Å². The number of fused-ring (bicyclic) bond motifs is 6. The fourth-order valence-electron chi connectivity index (χ4n) is 8.76. The summed E-state index contributed by atoms with van der Waals surface area (Å²) in [6.07, 6.45) is 0. The molecule has 0 bridgehead atoms. The van der Waals surface area contributed by atoms with Crippen molar-refractivity contribution in [1.82, 2.24) is 9.13 Å². The highest BCUT2D eigenvalue weighted by Crippen LogP contribution is 2.49. The lowest BCUT2D eigenvalue weighted by molar-refractivity contribution is 1.17. The van der Waals surface area contributed by atoms with Crippen LogP contribution in [0.4, 0.5) is 17.1 Å². The van der Waals surface area contributed by atoms with E-state index in [1.165, 1.54) is 49.2 Å². The van der Waals surface area contributed by atoms with Crippen LogP contribution < -0.4 is 4.90 Å². The molecule has 0 unspecified atom stereocenters. The Balaban J connectivity index is 1.25. The number of hydrogen-bond acceptors (Lipinski definition) is 1. The Morgan fingerprint density at radius 2 is 0.772 bits per heavy atom. The van der Waals surface area contributed by atoms with Gasteiger partial charge in [0.15, 0.2) is 0 Å². The summed E-state index contributed by atoms with van der Waals surface area (Å²) < 4.78 is 4.84. The van der Waals surface area contributed by atoms with E-state index in [9.17, 15) is 0 Å². The minimum absolute atomic E-state index is 1.08. The molecule has 11 aromatic rings. The molecule has 3 heteroatoms. The third-order valence-electron chi connectivity index (χ3n) is 11.3. The van der Waals surface area contributed by atoms with Crippen molar-refractivity contribution in [2.75, 3.05) is 4.90 Å². The first-order valence-corrected chi connectivity index (χ1v) is 19.5. The van der Waals surface area contributed by atoms with E-state index in [0.29, 0.717) is 0 Å². The highest BCUT2D eigenvalue weighted by atomic mass is 15.2. The molecule has 0 spiro atoms. The maximum Gasteiger partial charge on any atom is 0.0788 e. The van der Waals surface area contributed by atoms with Crippen LogP contribution in [0.25, 0.3) is 77.2 Å². The molecule has 2 aromatic heterocycles. The van der Waals surface area contributed by atoms with Gasteiger partial charge in [-0.25, -0.2) is 0 Å². The first-order chi connectivity index (χ1) is 28.3. The van der Waals surface area contributed by atoms with Crippen LogP contribution in [-0.4, -0.2) is 9.13 Å². The maximum atomic E-state index is 2.46. The number of anilines is 3. The Hall–Kier alpha value is -7.62. The Kier molecular flexibility index (Phi) is 7.82. The van der Waals surface area contributed by atoms with Gasteiger partial charge in [-0.2, -0.15) is 0 Å². The van der Waals surface area contributed by atoms with Gasteiger partial charge >= 0.3 is 0 Å². The molecule has 0 aliphatic carbocycles. The first kappa shape index (κ1) is 32.8. The van der Waals surface area contributed by atoms with Crippen LogP contribution in [0.5, 0.6) is 0 Å². The molecule has 0 atom stereocenters. The Morgan fingerprint density at radius 3 is 1.44 bits per heavy atom. The fraction of sp³-hybridized carbons (Fsp3) is 0. The van der Waals surface area contributed by atoms with Crippen LogP contribution in [0.15, 0.2) is 224 Å². The summed E-state index contributed by atoms with van der Waals surface area (Å²) in [5.41, 5.74) is 15.0. The highest BCUT2D eigenvalue weighted by Gasteiger charge is 2.26. The smallest absolute Gasteiger partial charge is 0.0788 e. The minimum Gasteiger partial charge on any atom is -0.309 e. The average molecular weight is 728 g/mol. The van der Waals surface area contributed by atoms with E-state index in [2.05, 4.69) is 238 Å². The molecule has 0 saturated heterocycles. The predicted molar refractivity (Wildman–Crippen MR) is 241 cm³/mol. The van der Waals surface area contributed by atoms with Crippen molar-refractivity contribution in [3.63, 3.8) is 0 Å². The van der Waals surface area contributed by atoms with Crippen molar-refractivity contribution in [2.45, 2.75) is 0 Å². The number of aromatic nitrogens is 2. The quantitative estimate of drug-likeness (QED) is 0.159. The second-order valence-electron chi connectivity index (χ2n) is 14.5. The van der Waals surface area contributed by atoms with Crippen molar-refractivity contribution in [3.05, 3.63) is 224 Å². The van der Waals surface area contributed by atoms with Gasteiger partial charge in [0.2, 0.25) is 0 Å². The summed E-state index contributed by atoms with van der Waals surface area (Å²) in [7, 11) is 0. The molecule has 268 valence electrons. The number of hydrogen-bond donors (Lipinski definition) is 0. The molecule has 0 fully saturated rings. The third-order valence-corrected chi connectivity index (χ3v) is 11.3. The van der Waals surface area contributed by atoms with Gasteiger partial charge in [-0.1, -0.05) is 152 Å². The van der Waals surface area contributed by atoms with E-state index in [4.69, 9.17) is 0 Å². The number of nitrogens with zero attached hydrogens (tertiary/aromatic N) is 3. The van der Waals surface area contributed by atoms with Crippen molar-refractivity contribution >= 4 is 60.7 Å². The Bertz CT molecular complexity index is 3200. The molecule has 11 rings (SSSR count). The lowest BCUT2D eigenvalue weighted by Crippen LogP contribution is -2.13. The van der Waals surface area contributed by atoms with Gasteiger partial charge in [0.1, 0.15) is 0 Å². The molecule has 0 saturated carbocycles. The lowest BCUT2D eigenvalue weighted by Gasteiger charge is -2.29. The van der Waals surface area contributed by atoms with Crippen molar-refractivity contribution in [2.24, 2.45) is 0 Å². The van der Waals surface area contributed by atoms with Gasteiger partial charge in [0.25, 0.3) is 0 Å². The van der Waals surface area contributed by atoms with Gasteiger partial charge in [-0.3, -0.25) is 0 Å². The van der Waals surface area contributed by atoms with Gasteiger partial charge in [-0.15, -0.1) is 0 Å². The van der Waals surface area contributed by atoms with Crippen molar-refractivity contribution in [3.8, 4) is 33.6 Å². The lowest BCUT2D eigenvalue weighted by atomic mass is 9.97. The second kappa shape index (κ2) is 13.6. The molecule has 2 heterocycles. The molecular formula is C54H37N3. The summed E-state index contributed by atoms with van der Waals surface area (Å²) in [6, 6.07) is 81.2. The molecule has 0 aliphatic heterocycles. The van der Waals surface area contributed by atoms with Crippen LogP contribution in [-0.2, 0) is 0 Å². The summed E-state index contributed by atoms with van der Waals surface area (Å²) in [5, 5.41) is 4.88. The summed E-state index contributed by atoms with van der Waals surface area (Å²) in [4.78, 5) is 2.46. The first-order valence-electron chi connectivity index (χ1n) is 19.5. The largest absolute Gasteiger partial charge is 0.309 e. The molecule has 0 aliphatic rings. The van der Waals surface area contributed by atoms with E-state index < -0.39 is 0 Å². The second-order valence-corrected chi connectivity index (χ2v) is 14.5. The summed E-state index contributed by atoms with van der Waals surface area (Å²) >= 11 is 0. The maximum absolute atomic E-state index is 2.46. The van der Waals surface area contributed by atoms with Crippen LogP contribution in [0.1, 0.15) is 0 Å². The zero-order chi connectivity index (χ0) is 37.7. The zero-order valence-corrected chi connectivity index (χ0v) is 31.2. The molecule has 0 N–H and O–H groups in total. The van der Waals surface area contributed by atoms with Crippen molar-refractivity contribution in [1.29, 1.82) is 0 Å². The molecular weight excluding hydrogens is 691 g/mol. The van der Waals surface area contributed by atoms with Crippen LogP contribution in [0.3, 0.4) is 0 Å².